The molecule has 1 aliphatic heterocycles. The van der Waals surface area contributed by atoms with Crippen LogP contribution < -0.4 is 5.32 Å². The second kappa shape index (κ2) is 7.67. The topological polar surface area (TPSA) is 69.8 Å². The van der Waals surface area contributed by atoms with Crippen molar-refractivity contribution in [1.29, 1.82) is 0 Å². The summed E-state index contributed by atoms with van der Waals surface area (Å²) in [6.07, 6.45) is 5.65. The largest absolute Gasteiger partial charge is 0.381 e. The molecule has 0 bridgehead atoms. The molecule has 1 aromatic carbocycles. The summed E-state index contributed by atoms with van der Waals surface area (Å²) < 4.78 is 9.59. The van der Waals surface area contributed by atoms with Crippen LogP contribution >= 0.6 is 0 Å². The maximum absolute atomic E-state index is 5.50. The van der Waals surface area contributed by atoms with Crippen molar-refractivity contribution in [2.75, 3.05) is 18.5 Å². The van der Waals surface area contributed by atoms with E-state index in [4.69, 9.17) is 9.72 Å². The van der Waals surface area contributed by atoms with E-state index in [9.17, 15) is 0 Å². The van der Waals surface area contributed by atoms with Crippen molar-refractivity contribution in [2.45, 2.75) is 25.4 Å². The summed E-state index contributed by atoms with van der Waals surface area (Å²) in [5, 5.41) is 7.93. The van der Waals surface area contributed by atoms with Crippen LogP contribution in [0.15, 0.2) is 54.9 Å². The van der Waals surface area contributed by atoms with Crippen molar-refractivity contribution < 1.29 is 4.74 Å². The van der Waals surface area contributed by atoms with Crippen molar-refractivity contribution in [2.24, 2.45) is 7.05 Å². The van der Waals surface area contributed by atoms with E-state index >= 15 is 0 Å². The number of benzene rings is 1. The number of hydrogen-bond donors (Lipinski definition) is 1. The fourth-order valence-electron chi connectivity index (χ4n) is 3.86. The van der Waals surface area contributed by atoms with Crippen LogP contribution in [-0.2, 0) is 18.3 Å². The number of aryl methyl sites for hydroxylation is 1. The molecule has 0 spiro atoms. The first kappa shape index (κ1) is 17.9. The van der Waals surface area contributed by atoms with Crippen LogP contribution in [0.4, 0.5) is 5.95 Å². The predicted molar refractivity (Wildman–Crippen MR) is 113 cm³/mol. The van der Waals surface area contributed by atoms with Gasteiger partial charge < -0.3 is 14.6 Å². The Labute approximate surface area is 169 Å². The zero-order chi connectivity index (χ0) is 19.6. The number of ether oxygens (including phenoxy) is 1. The lowest BCUT2D eigenvalue weighted by Gasteiger charge is -2.24. The van der Waals surface area contributed by atoms with Gasteiger partial charge in [0.15, 0.2) is 5.65 Å². The molecule has 0 unspecified atom stereocenters. The van der Waals surface area contributed by atoms with E-state index in [1.54, 1.807) is 6.20 Å². The first-order chi connectivity index (χ1) is 14.3. The number of pyridine rings is 1. The minimum Gasteiger partial charge on any atom is -0.381 e. The molecule has 1 aliphatic rings. The van der Waals surface area contributed by atoms with Gasteiger partial charge in [-0.2, -0.15) is 10.1 Å². The quantitative estimate of drug-likeness (QED) is 0.567. The average Bonchev–Trinajstić information content (AvgIpc) is 3.33. The van der Waals surface area contributed by atoms with Crippen LogP contribution in [0.5, 0.6) is 0 Å². The molecule has 1 fully saturated rings. The van der Waals surface area contributed by atoms with E-state index in [0.717, 1.165) is 61.0 Å². The van der Waals surface area contributed by atoms with Gasteiger partial charge in [-0.3, -0.25) is 4.68 Å². The van der Waals surface area contributed by atoms with Gasteiger partial charge in [-0.05, 0) is 30.5 Å². The Balaban J connectivity index is 1.58. The molecule has 0 amide bonds. The fraction of sp³-hybridized carbons (Fsp3) is 0.318. The highest BCUT2D eigenvalue weighted by atomic mass is 16.5. The van der Waals surface area contributed by atoms with Gasteiger partial charge >= 0.3 is 0 Å². The molecule has 0 atom stereocenters. The fourth-order valence-corrected chi connectivity index (χ4v) is 3.86. The van der Waals surface area contributed by atoms with E-state index in [0.29, 0.717) is 6.04 Å². The minimum atomic E-state index is 0.367. The molecule has 29 heavy (non-hydrogen) atoms. The van der Waals surface area contributed by atoms with Gasteiger partial charge in [-0.15, -0.1) is 0 Å². The molecular formula is C22H24N6O. The Kier molecular flexibility index (Phi) is 4.73. The van der Waals surface area contributed by atoms with E-state index in [-0.39, 0.29) is 0 Å². The van der Waals surface area contributed by atoms with Gasteiger partial charge in [0, 0.05) is 44.3 Å². The van der Waals surface area contributed by atoms with Gasteiger partial charge in [0.05, 0.1) is 17.8 Å². The summed E-state index contributed by atoms with van der Waals surface area (Å²) in [4.78, 5) is 9.48. The smallest absolute Gasteiger partial charge is 0.205 e. The van der Waals surface area contributed by atoms with Crippen molar-refractivity contribution >= 4 is 17.1 Å². The molecule has 3 aromatic heterocycles. The molecule has 1 N–H and O–H groups in total. The number of rotatable bonds is 5. The highest BCUT2D eigenvalue weighted by Gasteiger charge is 2.19. The summed E-state index contributed by atoms with van der Waals surface area (Å²) in [5.41, 5.74) is 5.06. The average molecular weight is 388 g/mol. The number of anilines is 1. The van der Waals surface area contributed by atoms with Gasteiger partial charge in [-0.25, -0.2) is 4.98 Å². The summed E-state index contributed by atoms with van der Waals surface area (Å²) >= 11 is 0. The molecule has 0 radical (unpaired) electrons. The van der Waals surface area contributed by atoms with Gasteiger partial charge in [0.25, 0.3) is 0 Å². The maximum Gasteiger partial charge on any atom is 0.205 e. The highest BCUT2D eigenvalue weighted by molar-refractivity contribution is 5.80. The summed E-state index contributed by atoms with van der Waals surface area (Å²) in [6.45, 7) is 2.32. The van der Waals surface area contributed by atoms with Crippen LogP contribution in [0.3, 0.4) is 0 Å². The molecule has 0 saturated carbocycles. The zero-order valence-corrected chi connectivity index (χ0v) is 16.5. The first-order valence-corrected chi connectivity index (χ1v) is 10.0. The minimum absolute atomic E-state index is 0.367. The number of nitrogens with one attached hydrogen (secondary N) is 1. The highest BCUT2D eigenvalue weighted by Crippen LogP contribution is 2.26. The Morgan fingerprint density at radius 3 is 2.72 bits per heavy atom. The predicted octanol–water partition coefficient (Wildman–Crippen LogP) is 3.47. The maximum atomic E-state index is 5.50. The normalized spacial score (nSPS) is 15.1. The zero-order valence-electron chi connectivity index (χ0n) is 16.5. The van der Waals surface area contributed by atoms with Crippen LogP contribution in [0.2, 0.25) is 0 Å². The lowest BCUT2D eigenvalue weighted by molar-refractivity contribution is 0.0902. The second-order valence-electron chi connectivity index (χ2n) is 7.44. The van der Waals surface area contributed by atoms with Crippen LogP contribution in [0.1, 0.15) is 18.4 Å². The van der Waals surface area contributed by atoms with Crippen LogP contribution in [0, 0.1) is 0 Å². The second-order valence-corrected chi connectivity index (χ2v) is 7.44. The molecule has 1 saturated heterocycles. The molecule has 0 aliphatic carbocycles. The van der Waals surface area contributed by atoms with Gasteiger partial charge in [0.2, 0.25) is 5.95 Å². The monoisotopic (exact) mass is 388 g/mol. The Bertz CT molecular complexity index is 1110. The Morgan fingerprint density at radius 1 is 1.14 bits per heavy atom. The molecule has 7 nitrogen and oxygen atoms in total. The Morgan fingerprint density at radius 2 is 1.97 bits per heavy atom. The lowest BCUT2D eigenvalue weighted by Crippen LogP contribution is -2.29. The van der Waals surface area contributed by atoms with Crippen LogP contribution in [-0.4, -0.2) is 43.6 Å². The standard InChI is InChI=1S/C22H24N6O/c1-27-19(7-10-24-27)17-13-20-21(23-14-17)26-22(25-18-8-11-29-12-9-18)28(20)15-16-5-3-2-4-6-16/h2-7,10,13-14,18H,8-9,11-12,15H2,1H3,(H,23,25,26). The van der Waals surface area contributed by atoms with E-state index < -0.39 is 0 Å². The molecule has 5 rings (SSSR count). The van der Waals surface area contributed by atoms with Crippen molar-refractivity contribution in [3.8, 4) is 11.3 Å². The third-order valence-corrected chi connectivity index (χ3v) is 5.46. The Hall–Kier alpha value is -3.19. The van der Waals surface area contributed by atoms with Crippen molar-refractivity contribution in [1.82, 2.24) is 24.3 Å². The van der Waals surface area contributed by atoms with E-state index in [1.165, 1.54) is 5.56 Å². The third-order valence-electron chi connectivity index (χ3n) is 5.46. The molecule has 7 heteroatoms. The number of imidazole rings is 1. The number of hydrogen-bond acceptors (Lipinski definition) is 5. The van der Waals surface area contributed by atoms with E-state index in [1.807, 2.05) is 30.1 Å². The van der Waals surface area contributed by atoms with E-state index in [2.05, 4.69) is 50.3 Å². The van der Waals surface area contributed by atoms with Crippen LogP contribution in [0.25, 0.3) is 22.4 Å². The summed E-state index contributed by atoms with van der Waals surface area (Å²) in [5.74, 6) is 0.866. The molecule has 148 valence electrons. The van der Waals surface area contributed by atoms with Crippen molar-refractivity contribution in [3.05, 3.63) is 60.4 Å². The number of aromatic nitrogens is 5. The van der Waals surface area contributed by atoms with Gasteiger partial charge in [0.1, 0.15) is 0 Å². The molecular weight excluding hydrogens is 364 g/mol. The third kappa shape index (κ3) is 3.61. The lowest BCUT2D eigenvalue weighted by atomic mass is 10.1. The van der Waals surface area contributed by atoms with Crippen molar-refractivity contribution in [3.63, 3.8) is 0 Å². The van der Waals surface area contributed by atoms with Gasteiger partial charge in [-0.1, -0.05) is 30.3 Å². The first-order valence-electron chi connectivity index (χ1n) is 10.0. The summed E-state index contributed by atoms with van der Waals surface area (Å²) in [6, 6.07) is 15.0. The number of nitrogens with zero attached hydrogens (tertiary/aromatic N) is 5. The SMILES string of the molecule is Cn1nccc1-c1cnc2nc(NC3CCOCC3)n(Cc3ccccc3)c2c1. The molecule has 4 heterocycles. The molecule has 4 aromatic rings. The summed E-state index contributed by atoms with van der Waals surface area (Å²) in [7, 11) is 1.94. The number of fused-ring (bicyclic) bond motifs is 1.